The van der Waals surface area contributed by atoms with Crippen molar-refractivity contribution in [1.82, 2.24) is 5.32 Å². The lowest BCUT2D eigenvalue weighted by molar-refractivity contribution is -0.175. The van der Waals surface area contributed by atoms with Crippen molar-refractivity contribution >= 4 is 24.0 Å². The standard InChI is InChI=1S/C29H35NO8/c1-28(2,3)37-25(33)21(26(34)38-29(4,5)6)15-23(24(31)32)30-27(35)36-16-22-19-13-9-7-11-17(19)18-12-8-10-14-20(18)22/h7-14,21-23H,15-16H2,1-6H3,(H,30,35)(H,31,32)/t23-/m1/s1. The Hall–Kier alpha value is -3.88. The molecule has 2 aromatic carbocycles. The summed E-state index contributed by atoms with van der Waals surface area (Å²) in [6, 6.07) is 14.0. The normalized spacial score (nSPS) is 13.8. The number of carboxylic acid groups (broad SMARTS) is 1. The van der Waals surface area contributed by atoms with Crippen LogP contribution in [0.5, 0.6) is 0 Å². The lowest BCUT2D eigenvalue weighted by Gasteiger charge is -2.27. The van der Waals surface area contributed by atoms with Crippen molar-refractivity contribution in [2.24, 2.45) is 5.92 Å². The summed E-state index contributed by atoms with van der Waals surface area (Å²) < 4.78 is 16.1. The van der Waals surface area contributed by atoms with Gasteiger partial charge in [-0.25, -0.2) is 9.59 Å². The fourth-order valence-corrected chi connectivity index (χ4v) is 4.27. The summed E-state index contributed by atoms with van der Waals surface area (Å²) in [4.78, 5) is 50.3. The van der Waals surface area contributed by atoms with Crippen LogP contribution in [0.4, 0.5) is 4.79 Å². The lowest BCUT2D eigenvalue weighted by Crippen LogP contribution is -2.46. The molecule has 0 fully saturated rings. The number of alkyl carbamates (subject to hydrolysis) is 1. The van der Waals surface area contributed by atoms with Crippen LogP contribution in [-0.4, -0.2) is 53.0 Å². The van der Waals surface area contributed by atoms with Crippen molar-refractivity contribution in [3.63, 3.8) is 0 Å². The SMILES string of the molecule is CC(C)(C)OC(=O)C(C[C@@H](NC(=O)OCC1c2ccccc2-c2ccccc21)C(=O)O)C(=O)OC(C)(C)C. The lowest BCUT2D eigenvalue weighted by atomic mass is 9.98. The van der Waals surface area contributed by atoms with Gasteiger partial charge in [0.15, 0.2) is 5.92 Å². The zero-order valence-corrected chi connectivity index (χ0v) is 22.6. The van der Waals surface area contributed by atoms with Crippen LogP contribution in [0.25, 0.3) is 11.1 Å². The molecule has 0 unspecified atom stereocenters. The van der Waals surface area contributed by atoms with Crippen LogP contribution in [-0.2, 0) is 28.6 Å². The van der Waals surface area contributed by atoms with Gasteiger partial charge in [-0.05, 0) is 63.8 Å². The Kier molecular flexibility index (Phi) is 8.49. The summed E-state index contributed by atoms with van der Waals surface area (Å²) in [5.74, 6) is -5.09. The van der Waals surface area contributed by atoms with E-state index in [9.17, 15) is 24.3 Å². The number of aliphatic carboxylic acids is 1. The molecule has 0 saturated heterocycles. The third-order valence-corrected chi connectivity index (χ3v) is 5.79. The summed E-state index contributed by atoms with van der Waals surface area (Å²) in [7, 11) is 0. The Morgan fingerprint density at radius 1 is 0.816 bits per heavy atom. The fraction of sp³-hybridized carbons (Fsp3) is 0.448. The van der Waals surface area contributed by atoms with E-state index in [1.165, 1.54) is 0 Å². The number of hydrogen-bond acceptors (Lipinski definition) is 7. The molecule has 0 saturated carbocycles. The maximum absolute atomic E-state index is 12.8. The first kappa shape index (κ1) is 28.7. The highest BCUT2D eigenvalue weighted by Gasteiger charge is 2.39. The molecule has 9 nitrogen and oxygen atoms in total. The number of ether oxygens (including phenoxy) is 3. The van der Waals surface area contributed by atoms with Crippen molar-refractivity contribution in [2.75, 3.05) is 6.61 Å². The highest BCUT2D eigenvalue weighted by atomic mass is 16.6. The average Bonchev–Trinajstić information content (AvgIpc) is 3.11. The minimum absolute atomic E-state index is 0.0201. The van der Waals surface area contributed by atoms with E-state index in [1.807, 2.05) is 48.5 Å². The van der Waals surface area contributed by atoms with E-state index < -0.39 is 53.6 Å². The number of carbonyl (C=O) groups is 4. The molecule has 9 heteroatoms. The second-order valence-corrected chi connectivity index (χ2v) is 11.2. The fourth-order valence-electron chi connectivity index (χ4n) is 4.27. The van der Waals surface area contributed by atoms with Crippen molar-refractivity contribution in [1.29, 1.82) is 0 Å². The third kappa shape index (κ3) is 7.34. The topological polar surface area (TPSA) is 128 Å². The number of esters is 2. The second kappa shape index (κ2) is 11.2. The number of carbonyl (C=O) groups excluding carboxylic acids is 3. The number of rotatable bonds is 8. The Bertz CT molecular complexity index is 1130. The molecule has 0 heterocycles. The number of nitrogens with one attached hydrogen (secondary N) is 1. The largest absolute Gasteiger partial charge is 0.480 e. The molecule has 1 amide bonds. The molecule has 204 valence electrons. The first-order valence-corrected chi connectivity index (χ1v) is 12.5. The smallest absolute Gasteiger partial charge is 0.407 e. The van der Waals surface area contributed by atoms with Gasteiger partial charge in [0.25, 0.3) is 0 Å². The second-order valence-electron chi connectivity index (χ2n) is 11.2. The monoisotopic (exact) mass is 525 g/mol. The molecule has 0 radical (unpaired) electrons. The molecule has 2 N–H and O–H groups in total. The maximum Gasteiger partial charge on any atom is 0.407 e. The molecule has 0 aromatic heterocycles. The molecule has 3 rings (SSSR count). The van der Waals surface area contributed by atoms with Crippen molar-refractivity contribution in [2.45, 2.75) is 71.1 Å². The molecule has 2 aromatic rings. The van der Waals surface area contributed by atoms with Crippen LogP contribution in [0.2, 0.25) is 0 Å². The molecule has 38 heavy (non-hydrogen) atoms. The predicted molar refractivity (Wildman–Crippen MR) is 139 cm³/mol. The van der Waals surface area contributed by atoms with Crippen molar-refractivity contribution in [3.05, 3.63) is 59.7 Å². The summed E-state index contributed by atoms with van der Waals surface area (Å²) in [5, 5.41) is 12.0. The van der Waals surface area contributed by atoms with Gasteiger partial charge in [-0.3, -0.25) is 9.59 Å². The molecular weight excluding hydrogens is 490 g/mol. The quantitative estimate of drug-likeness (QED) is 0.289. The highest BCUT2D eigenvalue weighted by molar-refractivity contribution is 5.96. The number of fused-ring (bicyclic) bond motifs is 3. The zero-order valence-electron chi connectivity index (χ0n) is 22.6. The zero-order chi connectivity index (χ0) is 28.3. The van der Waals surface area contributed by atoms with Gasteiger partial charge in [0, 0.05) is 12.3 Å². The van der Waals surface area contributed by atoms with Gasteiger partial charge in [-0.15, -0.1) is 0 Å². The van der Waals surface area contributed by atoms with Crippen LogP contribution in [0.1, 0.15) is 65.0 Å². The van der Waals surface area contributed by atoms with E-state index >= 15 is 0 Å². The number of hydrogen-bond donors (Lipinski definition) is 2. The number of carboxylic acids is 1. The highest BCUT2D eigenvalue weighted by Crippen LogP contribution is 2.44. The van der Waals surface area contributed by atoms with Crippen LogP contribution in [0.3, 0.4) is 0 Å². The van der Waals surface area contributed by atoms with E-state index in [0.717, 1.165) is 22.3 Å². The predicted octanol–water partition coefficient (Wildman–Crippen LogP) is 4.67. The molecule has 1 aliphatic carbocycles. The first-order valence-electron chi connectivity index (χ1n) is 12.5. The van der Waals surface area contributed by atoms with Crippen molar-refractivity contribution < 1.29 is 38.5 Å². The maximum atomic E-state index is 12.8. The average molecular weight is 526 g/mol. The van der Waals surface area contributed by atoms with Gasteiger partial charge in [0.05, 0.1) is 0 Å². The first-order chi connectivity index (χ1) is 17.7. The minimum Gasteiger partial charge on any atom is -0.480 e. The van der Waals surface area contributed by atoms with E-state index in [-0.39, 0.29) is 12.5 Å². The van der Waals surface area contributed by atoms with Gasteiger partial charge in [-0.1, -0.05) is 48.5 Å². The van der Waals surface area contributed by atoms with Gasteiger partial charge >= 0.3 is 24.0 Å². The minimum atomic E-state index is -1.60. The Morgan fingerprint density at radius 3 is 1.68 bits per heavy atom. The molecule has 1 aliphatic rings. The van der Waals surface area contributed by atoms with Gasteiger partial charge in [-0.2, -0.15) is 0 Å². The summed E-state index contributed by atoms with van der Waals surface area (Å²) in [5.41, 5.74) is 2.28. The van der Waals surface area contributed by atoms with Crippen molar-refractivity contribution in [3.8, 4) is 11.1 Å². The molecule has 0 spiro atoms. The Morgan fingerprint density at radius 2 is 1.26 bits per heavy atom. The van der Waals surface area contributed by atoms with E-state index in [0.29, 0.717) is 0 Å². The van der Waals surface area contributed by atoms with Gasteiger partial charge in [0.2, 0.25) is 0 Å². The molecule has 0 bridgehead atoms. The van der Waals surface area contributed by atoms with Crippen LogP contribution in [0.15, 0.2) is 48.5 Å². The summed E-state index contributed by atoms with van der Waals surface area (Å²) >= 11 is 0. The Labute approximate surface area is 222 Å². The van der Waals surface area contributed by atoms with Gasteiger partial charge < -0.3 is 24.6 Å². The van der Waals surface area contributed by atoms with E-state index in [1.54, 1.807) is 41.5 Å². The van der Waals surface area contributed by atoms with Crippen LogP contribution >= 0.6 is 0 Å². The molecule has 0 aliphatic heterocycles. The Balaban J connectivity index is 1.72. The summed E-state index contributed by atoms with van der Waals surface area (Å²) in [6.07, 6.45) is -1.55. The van der Waals surface area contributed by atoms with Crippen LogP contribution < -0.4 is 5.32 Å². The van der Waals surface area contributed by atoms with Gasteiger partial charge in [0.1, 0.15) is 23.9 Å². The third-order valence-electron chi connectivity index (χ3n) is 5.79. The number of amides is 1. The number of benzene rings is 2. The van der Waals surface area contributed by atoms with E-state index in [2.05, 4.69) is 5.32 Å². The molecule has 1 atom stereocenters. The van der Waals surface area contributed by atoms with E-state index in [4.69, 9.17) is 14.2 Å². The molecular formula is C29H35NO8. The van der Waals surface area contributed by atoms with Crippen LogP contribution in [0, 0.1) is 5.92 Å². The summed E-state index contributed by atoms with van der Waals surface area (Å²) in [6.45, 7) is 9.73.